The van der Waals surface area contributed by atoms with E-state index < -0.39 is 8.32 Å². The second-order valence-electron chi connectivity index (χ2n) is 9.50. The molecule has 0 bridgehead atoms. The Balaban J connectivity index is 1.77. The Morgan fingerprint density at radius 2 is 1.54 bits per heavy atom. The highest BCUT2D eigenvalue weighted by atomic mass is 28.4. The summed E-state index contributed by atoms with van der Waals surface area (Å²) < 4.78 is 13.3. The molecule has 1 aliphatic carbocycles. The van der Waals surface area contributed by atoms with Crippen molar-refractivity contribution in [1.82, 2.24) is 0 Å². The van der Waals surface area contributed by atoms with Crippen LogP contribution in [-0.4, -0.2) is 26.6 Å². The van der Waals surface area contributed by atoms with Crippen molar-refractivity contribution < 1.29 is 9.16 Å². The van der Waals surface area contributed by atoms with Gasteiger partial charge in [0.05, 0.1) is 6.10 Å². The molecular weight excluding hydrogens is 360 g/mol. The molecule has 4 rings (SSSR count). The first-order valence-electron chi connectivity index (χ1n) is 10.4. The molecule has 2 nitrogen and oxygen atoms in total. The van der Waals surface area contributed by atoms with E-state index in [0.717, 1.165) is 6.42 Å². The number of fused-ring (bicyclic) bond motifs is 1. The van der Waals surface area contributed by atoms with Crippen molar-refractivity contribution in [3.05, 3.63) is 72.3 Å². The second kappa shape index (κ2) is 6.98. The number of hydrogen-bond acceptors (Lipinski definition) is 2. The zero-order valence-electron chi connectivity index (χ0n) is 17.7. The molecule has 0 N–H and O–H groups in total. The average Bonchev–Trinajstić information content (AvgIpc) is 3.36. The molecule has 1 heterocycles. The lowest BCUT2D eigenvalue weighted by Crippen LogP contribution is -2.67. The van der Waals surface area contributed by atoms with Gasteiger partial charge in [0.2, 0.25) is 0 Å². The van der Waals surface area contributed by atoms with Crippen molar-refractivity contribution >= 4 is 18.7 Å². The molecule has 2 aromatic carbocycles. The van der Waals surface area contributed by atoms with E-state index in [0.29, 0.717) is 18.6 Å². The molecule has 0 unspecified atom stereocenters. The molecular formula is C25H32O2Si. The maximum atomic E-state index is 7.16. The Hall–Kier alpha value is -1.68. The maximum Gasteiger partial charge on any atom is 0.261 e. The fourth-order valence-electron chi connectivity index (χ4n) is 5.02. The number of epoxide rings is 1. The lowest BCUT2D eigenvalue weighted by atomic mass is 9.80. The van der Waals surface area contributed by atoms with Crippen molar-refractivity contribution in [2.75, 3.05) is 6.61 Å². The van der Waals surface area contributed by atoms with Crippen molar-refractivity contribution in [3.8, 4) is 0 Å². The van der Waals surface area contributed by atoms with E-state index in [4.69, 9.17) is 9.16 Å². The Bertz CT molecular complexity index is 814. The highest BCUT2D eigenvalue weighted by Gasteiger charge is 2.60. The highest BCUT2D eigenvalue weighted by molar-refractivity contribution is 6.99. The van der Waals surface area contributed by atoms with E-state index in [1.54, 1.807) is 0 Å². The largest absolute Gasteiger partial charge is 0.407 e. The van der Waals surface area contributed by atoms with Crippen molar-refractivity contribution in [3.63, 3.8) is 0 Å². The van der Waals surface area contributed by atoms with Gasteiger partial charge in [-0.1, -0.05) is 93.1 Å². The smallest absolute Gasteiger partial charge is 0.261 e. The minimum Gasteiger partial charge on any atom is -0.407 e. The van der Waals surface area contributed by atoms with Crippen LogP contribution in [0.4, 0.5) is 0 Å². The highest BCUT2D eigenvalue weighted by Crippen LogP contribution is 2.51. The van der Waals surface area contributed by atoms with E-state index in [9.17, 15) is 0 Å². The number of hydrogen-bond donors (Lipinski definition) is 0. The van der Waals surface area contributed by atoms with Crippen LogP contribution in [0.15, 0.2) is 72.3 Å². The van der Waals surface area contributed by atoms with Crippen LogP contribution in [0, 0.1) is 5.92 Å². The van der Waals surface area contributed by atoms with E-state index in [1.165, 1.54) is 15.9 Å². The van der Waals surface area contributed by atoms with Crippen LogP contribution in [0.1, 0.15) is 41.0 Å². The maximum absolute atomic E-state index is 7.16. The first-order chi connectivity index (χ1) is 13.3. The van der Waals surface area contributed by atoms with Gasteiger partial charge in [0.25, 0.3) is 8.32 Å². The van der Waals surface area contributed by atoms with Gasteiger partial charge in [-0.15, -0.1) is 0 Å². The van der Waals surface area contributed by atoms with Crippen LogP contribution in [0.5, 0.6) is 0 Å². The van der Waals surface area contributed by atoms with Gasteiger partial charge in [-0.2, -0.15) is 0 Å². The van der Waals surface area contributed by atoms with Gasteiger partial charge in [0.1, 0.15) is 5.60 Å². The van der Waals surface area contributed by atoms with E-state index in [1.807, 2.05) is 0 Å². The van der Waals surface area contributed by atoms with Gasteiger partial charge in [0, 0.05) is 12.5 Å². The molecule has 1 fully saturated rings. The molecule has 0 aromatic heterocycles. The average molecular weight is 393 g/mol. The molecule has 2 aromatic rings. The van der Waals surface area contributed by atoms with Crippen LogP contribution < -0.4 is 10.4 Å². The Labute approximate surface area is 170 Å². The molecule has 148 valence electrons. The molecule has 2 aliphatic rings. The standard InChI is InChI=1S/C25H32O2Si/c1-19-16-17-23-25(5,27-23)22(19)18-26-28(24(2,3)4,20-12-8-6-9-13-20)21-14-10-7-11-15-21/h6-16,22-23H,17-18H2,1-5H3/t22-,23-,25+/m0/s1. The van der Waals surface area contributed by atoms with Crippen molar-refractivity contribution in [2.24, 2.45) is 5.92 Å². The molecule has 0 saturated carbocycles. The fraction of sp³-hybridized carbons (Fsp3) is 0.440. The first kappa shape index (κ1) is 19.6. The van der Waals surface area contributed by atoms with Gasteiger partial charge in [-0.3, -0.25) is 0 Å². The predicted molar refractivity (Wildman–Crippen MR) is 119 cm³/mol. The van der Waals surface area contributed by atoms with E-state index in [-0.39, 0.29) is 10.6 Å². The molecule has 28 heavy (non-hydrogen) atoms. The molecule has 3 atom stereocenters. The molecule has 1 aliphatic heterocycles. The Kier molecular flexibility index (Phi) is 4.89. The zero-order chi connectivity index (χ0) is 20.0. The quantitative estimate of drug-likeness (QED) is 0.418. The number of benzene rings is 2. The summed E-state index contributed by atoms with van der Waals surface area (Å²) in [5, 5.41) is 2.68. The number of ether oxygens (including phenoxy) is 1. The summed E-state index contributed by atoms with van der Waals surface area (Å²) in [4.78, 5) is 0. The minimum absolute atomic E-state index is 0.00665. The van der Waals surface area contributed by atoms with Gasteiger partial charge in [-0.25, -0.2) is 0 Å². The SMILES string of the molecule is CC1=CC[C@@H]2O[C@]2(C)[C@H]1CO[Si](c1ccccc1)(c1ccccc1)C(C)(C)C. The zero-order valence-corrected chi connectivity index (χ0v) is 18.7. The van der Waals surface area contributed by atoms with Gasteiger partial charge in [-0.05, 0) is 35.7 Å². The molecule has 1 saturated heterocycles. The summed E-state index contributed by atoms with van der Waals surface area (Å²) >= 11 is 0. The molecule has 0 spiro atoms. The first-order valence-corrected chi connectivity index (χ1v) is 12.3. The van der Waals surface area contributed by atoms with Gasteiger partial charge in [0.15, 0.2) is 0 Å². The minimum atomic E-state index is -2.49. The third kappa shape index (κ3) is 3.10. The van der Waals surface area contributed by atoms with E-state index >= 15 is 0 Å². The summed E-state index contributed by atoms with van der Waals surface area (Å²) in [6.07, 6.45) is 3.75. The summed E-state index contributed by atoms with van der Waals surface area (Å²) in [7, 11) is -2.49. The van der Waals surface area contributed by atoms with Crippen molar-refractivity contribution in [2.45, 2.75) is 57.8 Å². The van der Waals surface area contributed by atoms with Crippen LogP contribution in [0.2, 0.25) is 5.04 Å². The van der Waals surface area contributed by atoms with Crippen LogP contribution >= 0.6 is 0 Å². The summed E-state index contributed by atoms with van der Waals surface area (Å²) in [6.45, 7) is 12.2. The predicted octanol–water partition coefficient (Wildman–Crippen LogP) is 4.69. The van der Waals surface area contributed by atoms with Crippen LogP contribution in [0.25, 0.3) is 0 Å². The Morgan fingerprint density at radius 3 is 2.04 bits per heavy atom. The molecule has 0 radical (unpaired) electrons. The lowest BCUT2D eigenvalue weighted by molar-refractivity contribution is 0.176. The monoisotopic (exact) mass is 392 g/mol. The topological polar surface area (TPSA) is 21.8 Å². The number of rotatable bonds is 5. The Morgan fingerprint density at radius 1 is 1.00 bits per heavy atom. The lowest BCUT2D eigenvalue weighted by Gasteiger charge is -2.44. The fourth-order valence-corrected chi connectivity index (χ4v) is 9.59. The second-order valence-corrected chi connectivity index (χ2v) is 13.8. The normalized spacial score (nSPS) is 27.1. The van der Waals surface area contributed by atoms with Crippen LogP contribution in [-0.2, 0) is 9.16 Å². The summed E-state index contributed by atoms with van der Waals surface area (Å²) in [6, 6.07) is 21.8. The molecule has 0 amide bonds. The van der Waals surface area contributed by atoms with Crippen LogP contribution in [0.3, 0.4) is 0 Å². The van der Waals surface area contributed by atoms with E-state index in [2.05, 4.69) is 101 Å². The molecule has 3 heteroatoms. The summed E-state index contributed by atoms with van der Waals surface area (Å²) in [5.41, 5.74) is 1.36. The van der Waals surface area contributed by atoms with Gasteiger partial charge >= 0.3 is 0 Å². The van der Waals surface area contributed by atoms with Crippen molar-refractivity contribution in [1.29, 1.82) is 0 Å². The van der Waals surface area contributed by atoms with Gasteiger partial charge < -0.3 is 9.16 Å². The third-order valence-corrected chi connectivity index (χ3v) is 11.8. The third-order valence-electron chi connectivity index (χ3n) is 6.76. The summed E-state index contributed by atoms with van der Waals surface area (Å²) in [5.74, 6) is 0.327.